The third-order valence-electron chi connectivity index (χ3n) is 6.72. The molecule has 0 bridgehead atoms. The number of aryl methyl sites for hydroxylation is 1. The molecular formula is C32H42N2O4S2. The van der Waals surface area contributed by atoms with Gasteiger partial charge in [0.15, 0.2) is 0 Å². The number of carboxylic acids is 1. The van der Waals surface area contributed by atoms with Crippen LogP contribution in [-0.2, 0) is 22.7 Å². The molecule has 2 N–H and O–H groups in total. The van der Waals surface area contributed by atoms with Crippen molar-refractivity contribution in [3.8, 4) is 11.1 Å². The van der Waals surface area contributed by atoms with E-state index in [0.29, 0.717) is 24.3 Å². The number of amides is 1. The van der Waals surface area contributed by atoms with Crippen molar-refractivity contribution >= 4 is 35.0 Å². The minimum Gasteiger partial charge on any atom is -0.480 e. The monoisotopic (exact) mass is 582 g/mol. The van der Waals surface area contributed by atoms with Gasteiger partial charge in [-0.05, 0) is 92.4 Å². The van der Waals surface area contributed by atoms with Crippen molar-refractivity contribution in [3.05, 3.63) is 81.0 Å². The lowest BCUT2D eigenvalue weighted by atomic mass is 9.93. The van der Waals surface area contributed by atoms with E-state index in [0.717, 1.165) is 48.1 Å². The van der Waals surface area contributed by atoms with Gasteiger partial charge in [-0.1, -0.05) is 50.1 Å². The number of nitrogens with one attached hydrogen (secondary N) is 1. The Morgan fingerprint density at radius 2 is 1.85 bits per heavy atom. The highest BCUT2D eigenvalue weighted by Gasteiger charge is 2.23. The summed E-state index contributed by atoms with van der Waals surface area (Å²) in [6, 6.07) is 17.1. The lowest BCUT2D eigenvalue weighted by Crippen LogP contribution is -2.41. The van der Waals surface area contributed by atoms with E-state index in [9.17, 15) is 14.7 Å². The van der Waals surface area contributed by atoms with Crippen LogP contribution in [0.3, 0.4) is 0 Å². The van der Waals surface area contributed by atoms with Crippen LogP contribution in [-0.4, -0.2) is 54.0 Å². The van der Waals surface area contributed by atoms with Crippen LogP contribution in [0.1, 0.15) is 70.0 Å². The van der Waals surface area contributed by atoms with Crippen molar-refractivity contribution in [2.45, 2.75) is 64.8 Å². The molecule has 40 heavy (non-hydrogen) atoms. The van der Waals surface area contributed by atoms with Gasteiger partial charge in [0.2, 0.25) is 0 Å². The standard InChI is InChI=1S/C32H42N2O4S2/c1-6-7-12-29(30-16-14-24(40-30)20-34(3)4)38-21-23-13-15-26(27(19-23)25-11-9-8-10-22(25)2)31(35)33-28(32(36)37)17-18-39-5/h8-11,13-16,19,28-29H,6-7,12,17-18,20-21H2,1-5H3,(H,33,35)(H,36,37). The first kappa shape index (κ1) is 31.9. The summed E-state index contributed by atoms with van der Waals surface area (Å²) in [5, 5.41) is 12.4. The van der Waals surface area contributed by atoms with E-state index in [4.69, 9.17) is 4.74 Å². The number of thioether (sulfide) groups is 1. The van der Waals surface area contributed by atoms with Crippen LogP contribution in [0.2, 0.25) is 0 Å². The molecule has 0 saturated heterocycles. The number of aliphatic carboxylic acids is 1. The lowest BCUT2D eigenvalue weighted by Gasteiger charge is -2.19. The number of unbranched alkanes of at least 4 members (excludes halogenated alkanes) is 1. The molecule has 1 heterocycles. The van der Waals surface area contributed by atoms with Crippen molar-refractivity contribution in [1.29, 1.82) is 0 Å². The fourth-order valence-corrected chi connectivity index (χ4v) is 6.25. The lowest BCUT2D eigenvalue weighted by molar-refractivity contribution is -0.139. The SMILES string of the molecule is CCCCC(OCc1ccc(C(=O)NC(CCSC)C(=O)O)c(-c2ccccc2C)c1)c1ccc(CN(C)C)s1. The Morgan fingerprint density at radius 1 is 1.07 bits per heavy atom. The van der Waals surface area contributed by atoms with Crippen LogP contribution < -0.4 is 5.32 Å². The normalized spacial score (nSPS) is 12.8. The molecule has 1 amide bonds. The van der Waals surface area contributed by atoms with Crippen LogP contribution >= 0.6 is 23.1 Å². The Kier molecular flexibility index (Phi) is 12.7. The van der Waals surface area contributed by atoms with Crippen molar-refractivity contribution in [3.63, 3.8) is 0 Å². The number of thiophene rings is 1. The zero-order valence-corrected chi connectivity index (χ0v) is 25.9. The molecule has 2 unspecified atom stereocenters. The largest absolute Gasteiger partial charge is 0.480 e. The molecule has 2 atom stereocenters. The van der Waals surface area contributed by atoms with Gasteiger partial charge >= 0.3 is 5.97 Å². The van der Waals surface area contributed by atoms with Gasteiger partial charge in [-0.3, -0.25) is 4.79 Å². The first-order valence-corrected chi connectivity index (χ1v) is 16.0. The average Bonchev–Trinajstić information content (AvgIpc) is 3.38. The van der Waals surface area contributed by atoms with E-state index in [-0.39, 0.29) is 12.0 Å². The number of nitrogens with zero attached hydrogens (tertiary/aromatic N) is 1. The molecule has 216 valence electrons. The van der Waals surface area contributed by atoms with Crippen LogP contribution in [0.5, 0.6) is 0 Å². The topological polar surface area (TPSA) is 78.9 Å². The molecule has 0 aliphatic heterocycles. The van der Waals surface area contributed by atoms with Gasteiger partial charge < -0.3 is 20.1 Å². The van der Waals surface area contributed by atoms with Crippen LogP contribution in [0, 0.1) is 6.92 Å². The molecule has 0 fully saturated rings. The number of hydrogen-bond acceptors (Lipinski definition) is 6. The maximum Gasteiger partial charge on any atom is 0.326 e. The van der Waals surface area contributed by atoms with Gasteiger partial charge in [0, 0.05) is 21.9 Å². The van der Waals surface area contributed by atoms with Crippen LogP contribution in [0.15, 0.2) is 54.6 Å². The highest BCUT2D eigenvalue weighted by atomic mass is 32.2. The molecule has 6 nitrogen and oxygen atoms in total. The quantitative estimate of drug-likeness (QED) is 0.186. The first-order valence-electron chi connectivity index (χ1n) is 13.8. The Bertz CT molecular complexity index is 1260. The Morgan fingerprint density at radius 3 is 2.52 bits per heavy atom. The summed E-state index contributed by atoms with van der Waals surface area (Å²) in [6.45, 7) is 5.54. The second-order valence-corrected chi connectivity index (χ2v) is 12.5. The van der Waals surface area contributed by atoms with Crippen LogP contribution in [0.25, 0.3) is 11.1 Å². The van der Waals surface area contributed by atoms with E-state index in [1.807, 2.05) is 60.9 Å². The molecule has 0 radical (unpaired) electrons. The molecule has 0 spiro atoms. The predicted octanol–water partition coefficient (Wildman–Crippen LogP) is 7.17. The molecular weight excluding hydrogens is 540 g/mol. The molecule has 0 aliphatic rings. The summed E-state index contributed by atoms with van der Waals surface area (Å²) >= 11 is 3.37. The number of benzene rings is 2. The van der Waals surface area contributed by atoms with E-state index in [1.165, 1.54) is 9.75 Å². The van der Waals surface area contributed by atoms with Gasteiger partial charge in [-0.2, -0.15) is 11.8 Å². The zero-order chi connectivity index (χ0) is 29.1. The maximum absolute atomic E-state index is 13.4. The number of rotatable bonds is 16. The average molecular weight is 583 g/mol. The van der Waals surface area contributed by atoms with Crippen molar-refractivity contribution in [2.75, 3.05) is 26.1 Å². The third-order valence-corrected chi connectivity index (χ3v) is 8.53. The van der Waals surface area contributed by atoms with Crippen molar-refractivity contribution in [2.24, 2.45) is 0 Å². The van der Waals surface area contributed by atoms with E-state index in [1.54, 1.807) is 17.8 Å². The second-order valence-electron chi connectivity index (χ2n) is 10.3. The first-order chi connectivity index (χ1) is 19.2. The summed E-state index contributed by atoms with van der Waals surface area (Å²) in [5.41, 5.74) is 4.19. The van der Waals surface area contributed by atoms with Gasteiger partial charge in [-0.25, -0.2) is 4.79 Å². The Labute approximate surface area is 247 Å². The minimum atomic E-state index is -1.02. The molecule has 8 heteroatoms. The van der Waals surface area contributed by atoms with Gasteiger partial charge in [0.25, 0.3) is 5.91 Å². The van der Waals surface area contributed by atoms with Gasteiger partial charge in [0.1, 0.15) is 6.04 Å². The van der Waals surface area contributed by atoms with Crippen LogP contribution in [0.4, 0.5) is 0 Å². The molecule has 0 aliphatic carbocycles. The molecule has 3 rings (SSSR count). The molecule has 2 aromatic carbocycles. The smallest absolute Gasteiger partial charge is 0.326 e. The highest BCUT2D eigenvalue weighted by Crippen LogP contribution is 2.33. The highest BCUT2D eigenvalue weighted by molar-refractivity contribution is 7.98. The number of carboxylic acid groups (broad SMARTS) is 1. The number of hydrogen-bond donors (Lipinski definition) is 2. The summed E-state index contributed by atoms with van der Waals surface area (Å²) in [5.74, 6) is -0.754. The van der Waals surface area contributed by atoms with Gasteiger partial charge in [0.05, 0.1) is 12.7 Å². The molecule has 1 aromatic heterocycles. The second kappa shape index (κ2) is 16.0. The van der Waals surface area contributed by atoms with Gasteiger partial charge in [-0.15, -0.1) is 11.3 Å². The summed E-state index contributed by atoms with van der Waals surface area (Å²) in [6.07, 6.45) is 5.44. The fraction of sp³-hybridized carbons (Fsp3) is 0.438. The van der Waals surface area contributed by atoms with E-state index < -0.39 is 12.0 Å². The fourth-order valence-electron chi connectivity index (χ4n) is 4.56. The zero-order valence-electron chi connectivity index (χ0n) is 24.2. The number of ether oxygens (including phenoxy) is 1. The Hall–Kier alpha value is -2.65. The van der Waals surface area contributed by atoms with Crippen molar-refractivity contribution in [1.82, 2.24) is 10.2 Å². The molecule has 0 saturated carbocycles. The summed E-state index contributed by atoms with van der Waals surface area (Å²) in [4.78, 5) is 29.9. The number of carbonyl (C=O) groups excluding carboxylic acids is 1. The maximum atomic E-state index is 13.4. The van der Waals surface area contributed by atoms with Crippen molar-refractivity contribution < 1.29 is 19.4 Å². The summed E-state index contributed by atoms with van der Waals surface area (Å²) in [7, 11) is 4.15. The summed E-state index contributed by atoms with van der Waals surface area (Å²) < 4.78 is 6.51. The molecule has 3 aromatic rings. The minimum absolute atomic E-state index is 0.0125. The van der Waals surface area contributed by atoms with E-state index in [2.05, 4.69) is 43.4 Å². The number of carbonyl (C=O) groups is 2. The Balaban J connectivity index is 1.88. The third kappa shape index (κ3) is 9.20. The predicted molar refractivity (Wildman–Crippen MR) is 167 cm³/mol. The van der Waals surface area contributed by atoms with E-state index >= 15 is 0 Å².